The van der Waals surface area contributed by atoms with Crippen LogP contribution in [0, 0.1) is 6.92 Å². The molecule has 6 rings (SSSR count). The minimum atomic E-state index is -0.380. The zero-order valence-electron chi connectivity index (χ0n) is 24.9. The van der Waals surface area contributed by atoms with E-state index in [9.17, 15) is 4.79 Å². The van der Waals surface area contributed by atoms with Crippen molar-refractivity contribution < 1.29 is 14.3 Å². The number of nitrogens with zero attached hydrogens (tertiary/aromatic N) is 1. The number of amides is 1. The molecule has 0 bridgehead atoms. The normalized spacial score (nSPS) is 11.8. The number of hydrogen-bond donors (Lipinski definition) is 1. The third-order valence-corrected chi connectivity index (χ3v) is 8.88. The molecule has 0 aliphatic heterocycles. The molecule has 1 atom stereocenters. The van der Waals surface area contributed by atoms with E-state index in [-0.39, 0.29) is 18.6 Å². The fourth-order valence-electron chi connectivity index (χ4n) is 5.31. The highest BCUT2D eigenvalue weighted by Crippen LogP contribution is 2.37. The van der Waals surface area contributed by atoms with Crippen molar-refractivity contribution in [3.05, 3.63) is 154 Å². The molecule has 0 saturated carbocycles. The molecule has 0 aliphatic carbocycles. The third-order valence-electron chi connectivity index (χ3n) is 7.52. The molecule has 0 spiro atoms. The topological polar surface area (TPSA) is 60.5 Å². The van der Waals surface area contributed by atoms with Crippen molar-refractivity contribution >= 4 is 39.7 Å². The summed E-state index contributed by atoms with van der Waals surface area (Å²) in [6.07, 6.45) is 2.18. The van der Waals surface area contributed by atoms with Crippen LogP contribution < -0.4 is 10.1 Å². The molecule has 2 heterocycles. The number of carbonyl (C=O) groups is 1. The van der Waals surface area contributed by atoms with E-state index in [0.29, 0.717) is 35.9 Å². The van der Waals surface area contributed by atoms with E-state index in [2.05, 4.69) is 41.5 Å². The van der Waals surface area contributed by atoms with Crippen LogP contribution in [-0.2, 0) is 29.2 Å². The van der Waals surface area contributed by atoms with E-state index in [1.165, 1.54) is 9.75 Å². The fraction of sp³-hybridized carbons (Fsp3) is 0.158. The van der Waals surface area contributed by atoms with Crippen LogP contribution in [0.2, 0.25) is 5.02 Å². The van der Waals surface area contributed by atoms with Crippen molar-refractivity contribution in [2.75, 3.05) is 6.61 Å². The summed E-state index contributed by atoms with van der Waals surface area (Å²) in [6.45, 7) is 2.77. The quantitative estimate of drug-likeness (QED) is 0.146. The van der Waals surface area contributed by atoms with Gasteiger partial charge in [0.25, 0.3) is 0 Å². The number of rotatable bonds is 12. The van der Waals surface area contributed by atoms with Crippen LogP contribution >= 0.6 is 22.9 Å². The van der Waals surface area contributed by atoms with Gasteiger partial charge in [0.05, 0.1) is 17.7 Å². The molecule has 5 nitrogen and oxygen atoms in total. The monoisotopic (exact) mass is 632 g/mol. The molecule has 6 aromatic rings. The molecule has 0 aliphatic rings. The van der Waals surface area contributed by atoms with Gasteiger partial charge in [0.2, 0.25) is 5.91 Å². The summed E-state index contributed by atoms with van der Waals surface area (Å²) in [6, 6.07) is 37.8. The minimum absolute atomic E-state index is 0.0629. The molecule has 2 aromatic heterocycles. The highest BCUT2D eigenvalue weighted by atomic mass is 35.5. The van der Waals surface area contributed by atoms with Crippen molar-refractivity contribution in [3.63, 3.8) is 0 Å². The average molecular weight is 633 g/mol. The Kier molecular flexibility index (Phi) is 9.86. The van der Waals surface area contributed by atoms with E-state index in [4.69, 9.17) is 21.1 Å². The van der Waals surface area contributed by atoms with Gasteiger partial charge < -0.3 is 14.8 Å². The number of fused-ring (bicyclic) bond motifs is 1. The zero-order valence-corrected chi connectivity index (χ0v) is 26.5. The summed E-state index contributed by atoms with van der Waals surface area (Å²) in [4.78, 5) is 20.4. The van der Waals surface area contributed by atoms with Crippen LogP contribution in [0.15, 0.2) is 121 Å². The Morgan fingerprint density at radius 1 is 0.867 bits per heavy atom. The number of benzene rings is 4. The summed E-state index contributed by atoms with van der Waals surface area (Å²) in [7, 11) is 0. The highest BCUT2D eigenvalue weighted by Gasteiger charge is 2.22. The SMILES string of the molecule is Cc1ccc(-c2cccc(C(Cc3cc(Cl)c4cccnc4c3OCc3ccccc3)NC(=O)COCc3ccccc3)c2)s1. The van der Waals surface area contributed by atoms with Crippen LogP contribution in [0.25, 0.3) is 21.3 Å². The number of aromatic nitrogens is 1. The lowest BCUT2D eigenvalue weighted by atomic mass is 9.95. The molecule has 1 N–H and O–H groups in total. The molecule has 45 heavy (non-hydrogen) atoms. The molecular formula is C38H33ClN2O3S. The molecule has 1 amide bonds. The predicted octanol–water partition coefficient (Wildman–Crippen LogP) is 9.12. The number of nitrogens with one attached hydrogen (secondary N) is 1. The number of aryl methyl sites for hydroxylation is 1. The zero-order chi connectivity index (χ0) is 31.0. The van der Waals surface area contributed by atoms with Gasteiger partial charge in [0.15, 0.2) is 0 Å². The molecular weight excluding hydrogens is 600 g/mol. The van der Waals surface area contributed by atoms with Gasteiger partial charge in [0, 0.05) is 33.3 Å². The first-order valence-electron chi connectivity index (χ1n) is 14.8. The summed E-state index contributed by atoms with van der Waals surface area (Å²) < 4.78 is 12.3. The van der Waals surface area contributed by atoms with Gasteiger partial charge in [-0.05, 0) is 65.6 Å². The number of carbonyl (C=O) groups excluding carboxylic acids is 1. The van der Waals surface area contributed by atoms with Crippen molar-refractivity contribution in [3.8, 4) is 16.2 Å². The van der Waals surface area contributed by atoms with Crippen molar-refractivity contribution in [2.24, 2.45) is 0 Å². The van der Waals surface area contributed by atoms with E-state index < -0.39 is 0 Å². The molecule has 0 fully saturated rings. The lowest BCUT2D eigenvalue weighted by Crippen LogP contribution is -2.33. The second kappa shape index (κ2) is 14.5. The van der Waals surface area contributed by atoms with E-state index >= 15 is 0 Å². The number of halogens is 1. The predicted molar refractivity (Wildman–Crippen MR) is 183 cm³/mol. The fourth-order valence-corrected chi connectivity index (χ4v) is 6.46. The Balaban J connectivity index is 1.32. The van der Waals surface area contributed by atoms with Gasteiger partial charge in [-0.2, -0.15) is 0 Å². The maximum absolute atomic E-state index is 13.3. The van der Waals surface area contributed by atoms with Gasteiger partial charge in [-0.25, -0.2) is 0 Å². The number of ether oxygens (including phenoxy) is 2. The maximum atomic E-state index is 13.3. The van der Waals surface area contributed by atoms with Gasteiger partial charge in [0.1, 0.15) is 24.5 Å². The summed E-state index contributed by atoms with van der Waals surface area (Å²) >= 11 is 8.56. The highest BCUT2D eigenvalue weighted by molar-refractivity contribution is 7.15. The molecule has 0 radical (unpaired) electrons. The molecule has 4 aromatic carbocycles. The third kappa shape index (κ3) is 7.78. The van der Waals surface area contributed by atoms with E-state index in [1.807, 2.05) is 91.0 Å². The first kappa shape index (κ1) is 30.5. The van der Waals surface area contributed by atoms with Crippen LogP contribution in [0.1, 0.15) is 33.2 Å². The second-order valence-electron chi connectivity index (χ2n) is 10.9. The Hall–Kier alpha value is -4.49. The van der Waals surface area contributed by atoms with Crippen molar-refractivity contribution in [2.45, 2.75) is 32.6 Å². The van der Waals surface area contributed by atoms with Gasteiger partial charge in [-0.1, -0.05) is 90.5 Å². The first-order chi connectivity index (χ1) is 22.0. The van der Waals surface area contributed by atoms with Crippen LogP contribution in [0.5, 0.6) is 5.75 Å². The van der Waals surface area contributed by atoms with Gasteiger partial charge in [-0.3, -0.25) is 9.78 Å². The average Bonchev–Trinajstić information content (AvgIpc) is 3.51. The lowest BCUT2D eigenvalue weighted by Gasteiger charge is -2.23. The largest absolute Gasteiger partial charge is 0.486 e. The number of hydrogen-bond acceptors (Lipinski definition) is 5. The Morgan fingerprint density at radius 2 is 1.62 bits per heavy atom. The van der Waals surface area contributed by atoms with E-state index in [1.54, 1.807) is 17.5 Å². The number of thiophene rings is 1. The Bertz CT molecular complexity index is 1890. The Labute approximate surface area is 272 Å². The molecule has 226 valence electrons. The standard InChI is InChI=1S/C38H33ClN2O3S/c1-26-17-18-35(45-26)30-15-8-14-29(20-30)34(41-36(42)25-43-23-27-10-4-2-5-11-27)22-31-21-33(39)32-16-9-19-40-37(32)38(31)44-24-28-12-6-3-7-13-28/h2-21,34H,22-25H2,1H3,(H,41,42). The summed E-state index contributed by atoms with van der Waals surface area (Å²) in [5, 5.41) is 4.64. The van der Waals surface area contributed by atoms with E-state index in [0.717, 1.165) is 33.2 Å². The van der Waals surface area contributed by atoms with Crippen molar-refractivity contribution in [1.29, 1.82) is 0 Å². The van der Waals surface area contributed by atoms with Gasteiger partial charge >= 0.3 is 0 Å². The smallest absolute Gasteiger partial charge is 0.246 e. The summed E-state index contributed by atoms with van der Waals surface area (Å²) in [5.74, 6) is 0.452. The maximum Gasteiger partial charge on any atom is 0.246 e. The second-order valence-corrected chi connectivity index (χ2v) is 12.6. The molecule has 0 saturated heterocycles. The minimum Gasteiger partial charge on any atom is -0.486 e. The molecule has 7 heteroatoms. The van der Waals surface area contributed by atoms with Crippen LogP contribution in [0.3, 0.4) is 0 Å². The lowest BCUT2D eigenvalue weighted by molar-refractivity contribution is -0.126. The van der Waals surface area contributed by atoms with Crippen LogP contribution in [0.4, 0.5) is 0 Å². The number of pyridine rings is 1. The van der Waals surface area contributed by atoms with Gasteiger partial charge in [-0.15, -0.1) is 11.3 Å². The first-order valence-corrected chi connectivity index (χ1v) is 16.0. The van der Waals surface area contributed by atoms with Crippen LogP contribution in [-0.4, -0.2) is 17.5 Å². The Morgan fingerprint density at radius 3 is 2.36 bits per heavy atom. The van der Waals surface area contributed by atoms with Crippen molar-refractivity contribution in [1.82, 2.24) is 10.3 Å². The molecule has 1 unspecified atom stereocenters. The summed E-state index contributed by atoms with van der Waals surface area (Å²) in [5.41, 5.74) is 5.68.